The summed E-state index contributed by atoms with van der Waals surface area (Å²) in [6, 6.07) is 9.77. The number of carbonyl (C=O) groups excluding carboxylic acids is 2. The third kappa shape index (κ3) is 3.93. The number of thioether (sulfide) groups is 1. The van der Waals surface area contributed by atoms with Crippen LogP contribution in [0.25, 0.3) is 0 Å². The smallest absolute Gasteiger partial charge is 0.319 e. The average Bonchev–Trinajstić information content (AvgIpc) is 2.59. The molecule has 4 fully saturated rings. The zero-order valence-electron chi connectivity index (χ0n) is 15.3. The number of hydrogen-bond donors (Lipinski definition) is 1. The molecule has 1 amide bonds. The highest BCUT2D eigenvalue weighted by Crippen LogP contribution is 2.55. The maximum atomic E-state index is 12.4. The van der Waals surface area contributed by atoms with Crippen LogP contribution in [0.5, 0.6) is 0 Å². The van der Waals surface area contributed by atoms with Crippen LogP contribution in [0.3, 0.4) is 0 Å². The quantitative estimate of drug-likeness (QED) is 0.609. The Labute approximate surface area is 159 Å². The molecule has 4 aliphatic rings. The standard InChI is InChI=1S/C21H27NO3S/c1-14(26-18-5-3-2-4-6-18)20(24)25-13-19(23)22-21-10-15-7-16(11-21)9-17(8-15)12-21/h2-6,14-17H,7-13H2,1H3,(H,22,23)/t14-,15?,16?,17?,21?/m0/s1. The van der Waals surface area contributed by atoms with Gasteiger partial charge in [-0.25, -0.2) is 0 Å². The zero-order valence-corrected chi connectivity index (χ0v) is 16.1. The molecule has 0 aliphatic heterocycles. The maximum absolute atomic E-state index is 12.4. The molecule has 4 bridgehead atoms. The molecule has 4 aliphatic carbocycles. The van der Waals surface area contributed by atoms with Gasteiger partial charge in [-0.3, -0.25) is 9.59 Å². The first-order chi connectivity index (χ1) is 12.5. The Morgan fingerprint density at radius 1 is 1.12 bits per heavy atom. The molecule has 0 saturated heterocycles. The molecule has 0 radical (unpaired) electrons. The first-order valence-electron chi connectivity index (χ1n) is 9.71. The molecular formula is C21H27NO3S. The van der Waals surface area contributed by atoms with Gasteiger partial charge in [0.2, 0.25) is 0 Å². The number of benzene rings is 1. The van der Waals surface area contributed by atoms with Crippen LogP contribution < -0.4 is 5.32 Å². The van der Waals surface area contributed by atoms with Crippen LogP contribution in [0.2, 0.25) is 0 Å². The summed E-state index contributed by atoms with van der Waals surface area (Å²) in [4.78, 5) is 25.6. The van der Waals surface area contributed by atoms with Crippen molar-refractivity contribution in [2.75, 3.05) is 6.61 Å². The van der Waals surface area contributed by atoms with Crippen molar-refractivity contribution >= 4 is 23.6 Å². The number of nitrogens with one attached hydrogen (secondary N) is 1. The molecule has 0 aromatic heterocycles. The van der Waals surface area contributed by atoms with Crippen molar-refractivity contribution in [3.05, 3.63) is 30.3 Å². The molecular weight excluding hydrogens is 346 g/mol. The minimum atomic E-state index is -0.334. The van der Waals surface area contributed by atoms with E-state index in [0.717, 1.165) is 41.9 Å². The van der Waals surface area contributed by atoms with Gasteiger partial charge in [0.15, 0.2) is 6.61 Å². The fraction of sp³-hybridized carbons (Fsp3) is 0.619. The van der Waals surface area contributed by atoms with Crippen molar-refractivity contribution in [1.29, 1.82) is 0 Å². The second-order valence-electron chi connectivity index (χ2n) is 8.43. The minimum absolute atomic E-state index is 0.0252. The number of carbonyl (C=O) groups is 2. The van der Waals surface area contributed by atoms with Crippen LogP contribution in [0.4, 0.5) is 0 Å². The Bertz CT molecular complexity index is 640. The van der Waals surface area contributed by atoms with E-state index in [0.29, 0.717) is 0 Å². The summed E-state index contributed by atoms with van der Waals surface area (Å²) in [6.07, 6.45) is 7.37. The van der Waals surface area contributed by atoms with E-state index in [1.54, 1.807) is 0 Å². The summed E-state index contributed by atoms with van der Waals surface area (Å²) in [5.74, 6) is 1.88. The van der Waals surface area contributed by atoms with Gasteiger partial charge in [0, 0.05) is 10.4 Å². The summed E-state index contributed by atoms with van der Waals surface area (Å²) >= 11 is 1.45. The van der Waals surface area contributed by atoms with Crippen molar-refractivity contribution < 1.29 is 14.3 Å². The van der Waals surface area contributed by atoms with Gasteiger partial charge in [-0.05, 0) is 75.3 Å². The largest absolute Gasteiger partial charge is 0.455 e. The number of rotatable bonds is 6. The molecule has 1 N–H and O–H groups in total. The Hall–Kier alpha value is -1.49. The number of hydrogen-bond acceptors (Lipinski definition) is 4. The van der Waals surface area contributed by atoms with Crippen LogP contribution in [-0.4, -0.2) is 29.3 Å². The van der Waals surface area contributed by atoms with E-state index in [1.807, 2.05) is 37.3 Å². The van der Waals surface area contributed by atoms with Crippen molar-refractivity contribution in [2.24, 2.45) is 17.8 Å². The normalized spacial score (nSPS) is 32.9. The Kier molecular flexibility index (Phi) is 5.00. The van der Waals surface area contributed by atoms with E-state index in [1.165, 1.54) is 31.0 Å². The number of ether oxygens (including phenoxy) is 1. The lowest BCUT2D eigenvalue weighted by atomic mass is 9.53. The molecule has 0 heterocycles. The van der Waals surface area contributed by atoms with Crippen LogP contribution in [0.15, 0.2) is 35.2 Å². The Morgan fingerprint density at radius 3 is 2.27 bits per heavy atom. The predicted octanol–water partition coefficient (Wildman–Crippen LogP) is 3.80. The fourth-order valence-electron chi connectivity index (χ4n) is 5.60. The molecule has 4 nitrogen and oxygen atoms in total. The first-order valence-corrected chi connectivity index (χ1v) is 10.6. The van der Waals surface area contributed by atoms with Gasteiger partial charge in [0.1, 0.15) is 5.25 Å². The Morgan fingerprint density at radius 2 is 1.69 bits per heavy atom. The SMILES string of the molecule is C[C@H](Sc1ccccc1)C(=O)OCC(=O)NC12CC3CC(CC(C3)C1)C2. The molecule has 4 saturated carbocycles. The molecule has 26 heavy (non-hydrogen) atoms. The second kappa shape index (κ2) is 7.26. The summed E-state index contributed by atoms with van der Waals surface area (Å²) in [5.41, 5.74) is -0.0252. The summed E-state index contributed by atoms with van der Waals surface area (Å²) in [6.45, 7) is 1.65. The van der Waals surface area contributed by atoms with Crippen molar-refractivity contribution in [2.45, 2.75) is 61.1 Å². The van der Waals surface area contributed by atoms with E-state index in [2.05, 4.69) is 5.32 Å². The molecule has 5 heteroatoms. The van der Waals surface area contributed by atoms with E-state index in [9.17, 15) is 9.59 Å². The van der Waals surface area contributed by atoms with Gasteiger partial charge in [-0.15, -0.1) is 11.8 Å². The zero-order chi connectivity index (χ0) is 18.1. The summed E-state index contributed by atoms with van der Waals surface area (Å²) < 4.78 is 5.28. The van der Waals surface area contributed by atoms with Gasteiger partial charge < -0.3 is 10.1 Å². The first kappa shape index (κ1) is 17.9. The maximum Gasteiger partial charge on any atom is 0.319 e. The van der Waals surface area contributed by atoms with Gasteiger partial charge in [-0.1, -0.05) is 18.2 Å². The second-order valence-corrected chi connectivity index (χ2v) is 9.84. The highest BCUT2D eigenvalue weighted by atomic mass is 32.2. The average molecular weight is 374 g/mol. The lowest BCUT2D eigenvalue weighted by Crippen LogP contribution is -2.60. The molecule has 1 aromatic rings. The number of esters is 1. The van der Waals surface area contributed by atoms with Crippen molar-refractivity contribution in [1.82, 2.24) is 5.32 Å². The van der Waals surface area contributed by atoms with Crippen LogP contribution in [-0.2, 0) is 14.3 Å². The third-order valence-corrected chi connectivity index (χ3v) is 7.27. The monoisotopic (exact) mass is 373 g/mol. The van der Waals surface area contributed by atoms with E-state index < -0.39 is 0 Å². The number of amides is 1. The minimum Gasteiger partial charge on any atom is -0.455 e. The van der Waals surface area contributed by atoms with Crippen LogP contribution in [0, 0.1) is 17.8 Å². The molecule has 5 rings (SSSR count). The highest BCUT2D eigenvalue weighted by molar-refractivity contribution is 8.00. The fourth-order valence-corrected chi connectivity index (χ4v) is 6.49. The summed E-state index contributed by atoms with van der Waals surface area (Å²) in [5, 5.41) is 2.92. The molecule has 140 valence electrons. The van der Waals surface area contributed by atoms with Crippen LogP contribution in [0.1, 0.15) is 45.4 Å². The van der Waals surface area contributed by atoms with E-state index in [4.69, 9.17) is 4.74 Å². The van der Waals surface area contributed by atoms with Gasteiger partial charge >= 0.3 is 5.97 Å². The Balaban J connectivity index is 1.26. The highest BCUT2D eigenvalue weighted by Gasteiger charge is 2.51. The van der Waals surface area contributed by atoms with Crippen LogP contribution >= 0.6 is 11.8 Å². The van der Waals surface area contributed by atoms with Crippen molar-refractivity contribution in [3.8, 4) is 0 Å². The molecule has 1 atom stereocenters. The third-order valence-electron chi connectivity index (χ3n) is 6.18. The van der Waals surface area contributed by atoms with E-state index >= 15 is 0 Å². The van der Waals surface area contributed by atoms with Crippen molar-refractivity contribution in [3.63, 3.8) is 0 Å². The predicted molar refractivity (Wildman–Crippen MR) is 102 cm³/mol. The molecule has 1 aromatic carbocycles. The topological polar surface area (TPSA) is 55.4 Å². The summed E-state index contributed by atoms with van der Waals surface area (Å²) in [7, 11) is 0. The lowest BCUT2D eigenvalue weighted by Gasteiger charge is -2.56. The van der Waals surface area contributed by atoms with Gasteiger partial charge in [-0.2, -0.15) is 0 Å². The lowest BCUT2D eigenvalue weighted by molar-refractivity contribution is -0.149. The molecule has 0 spiro atoms. The molecule has 0 unspecified atom stereocenters. The van der Waals surface area contributed by atoms with Gasteiger partial charge in [0.25, 0.3) is 5.91 Å². The van der Waals surface area contributed by atoms with Gasteiger partial charge in [0.05, 0.1) is 0 Å². The van der Waals surface area contributed by atoms with E-state index in [-0.39, 0.29) is 29.3 Å².